The molecule has 2 aromatic rings. The lowest BCUT2D eigenvalue weighted by molar-refractivity contribution is 0.162. The number of hydrogen-bond acceptors (Lipinski definition) is 5. The Bertz CT molecular complexity index is 872. The van der Waals surface area contributed by atoms with Crippen LogP contribution in [0.1, 0.15) is 19.3 Å². The van der Waals surface area contributed by atoms with Gasteiger partial charge in [0.25, 0.3) is 0 Å². The van der Waals surface area contributed by atoms with Gasteiger partial charge in [-0.1, -0.05) is 6.07 Å². The van der Waals surface area contributed by atoms with E-state index in [4.69, 9.17) is 9.47 Å². The fraction of sp³-hybridized carbons (Fsp3) is 0.421. The third-order valence-electron chi connectivity index (χ3n) is 5.35. The number of pyridine rings is 1. The molecule has 0 amide bonds. The van der Waals surface area contributed by atoms with Gasteiger partial charge in [-0.3, -0.25) is 4.98 Å². The van der Waals surface area contributed by atoms with Crippen molar-refractivity contribution >= 4 is 10.0 Å². The molecule has 1 aliphatic heterocycles. The quantitative estimate of drug-likeness (QED) is 0.778. The predicted octanol–water partition coefficient (Wildman–Crippen LogP) is 2.71. The van der Waals surface area contributed by atoms with Crippen molar-refractivity contribution in [1.29, 1.82) is 0 Å². The Balaban J connectivity index is 1.56. The molecule has 2 heterocycles. The highest BCUT2D eigenvalue weighted by Crippen LogP contribution is 2.45. The van der Waals surface area contributed by atoms with Crippen LogP contribution in [-0.2, 0) is 10.0 Å². The van der Waals surface area contributed by atoms with E-state index in [0.717, 1.165) is 25.0 Å². The normalized spacial score (nSPS) is 25.3. The van der Waals surface area contributed by atoms with Crippen molar-refractivity contribution in [3.63, 3.8) is 0 Å². The fourth-order valence-electron chi connectivity index (χ4n) is 4.13. The molecule has 1 aliphatic carbocycles. The molecule has 0 unspecified atom stereocenters. The summed E-state index contributed by atoms with van der Waals surface area (Å²) in [7, 11) is -1.96. The summed E-state index contributed by atoms with van der Waals surface area (Å²) >= 11 is 0. The van der Waals surface area contributed by atoms with Gasteiger partial charge in [0.2, 0.25) is 10.0 Å². The van der Waals surface area contributed by atoms with Gasteiger partial charge in [0, 0.05) is 24.5 Å². The number of benzene rings is 1. The lowest BCUT2D eigenvalue weighted by Crippen LogP contribution is -2.47. The van der Waals surface area contributed by atoms with Crippen molar-refractivity contribution in [1.82, 2.24) is 9.29 Å². The topological polar surface area (TPSA) is 68.7 Å². The molecule has 4 rings (SSSR count). The van der Waals surface area contributed by atoms with E-state index in [1.807, 2.05) is 24.3 Å². The molecule has 2 aliphatic rings. The molecular weight excluding hydrogens is 352 g/mol. The molecule has 0 radical (unpaired) electrons. The number of sulfonamides is 1. The molecule has 26 heavy (non-hydrogen) atoms. The standard InChI is InChI=1S/C19H22N2O4S/c1-24-16-4-2-5-17(11-16)25-13-19-14-7-8-15(10-14)21(19)26(22,23)18-6-3-9-20-12-18/h2-6,9,11-12,14-15,19H,7-8,10,13H2,1H3/t14-,15+,19+/m1/s1. The van der Waals surface area contributed by atoms with Crippen LogP contribution in [0.5, 0.6) is 11.5 Å². The van der Waals surface area contributed by atoms with Crippen LogP contribution in [0.15, 0.2) is 53.7 Å². The fourth-order valence-corrected chi connectivity index (χ4v) is 5.99. The molecule has 2 fully saturated rings. The van der Waals surface area contributed by atoms with Gasteiger partial charge in [-0.2, -0.15) is 4.31 Å². The summed E-state index contributed by atoms with van der Waals surface area (Å²) in [6, 6.07) is 10.6. The van der Waals surface area contributed by atoms with Crippen molar-refractivity contribution < 1.29 is 17.9 Å². The maximum Gasteiger partial charge on any atom is 0.245 e. The Hall–Kier alpha value is -2.12. The van der Waals surface area contributed by atoms with E-state index in [1.54, 1.807) is 29.7 Å². The average Bonchev–Trinajstić information content (AvgIpc) is 3.29. The monoisotopic (exact) mass is 374 g/mol. The summed E-state index contributed by atoms with van der Waals surface area (Å²) in [4.78, 5) is 4.22. The highest BCUT2D eigenvalue weighted by molar-refractivity contribution is 7.89. The van der Waals surface area contributed by atoms with Crippen LogP contribution in [0.4, 0.5) is 0 Å². The average molecular weight is 374 g/mol. The van der Waals surface area contributed by atoms with Crippen LogP contribution in [0.2, 0.25) is 0 Å². The van der Waals surface area contributed by atoms with Gasteiger partial charge >= 0.3 is 0 Å². The van der Waals surface area contributed by atoms with E-state index in [2.05, 4.69) is 4.98 Å². The first-order chi connectivity index (χ1) is 12.6. The number of nitrogens with zero attached hydrogens (tertiary/aromatic N) is 2. The van der Waals surface area contributed by atoms with Gasteiger partial charge in [-0.05, 0) is 49.4 Å². The zero-order valence-corrected chi connectivity index (χ0v) is 15.4. The lowest BCUT2D eigenvalue weighted by Gasteiger charge is -2.34. The van der Waals surface area contributed by atoms with Crippen LogP contribution in [0.25, 0.3) is 0 Å². The van der Waals surface area contributed by atoms with Gasteiger partial charge in [-0.25, -0.2) is 8.42 Å². The number of rotatable bonds is 6. The van der Waals surface area contributed by atoms with Crippen molar-refractivity contribution in [3.8, 4) is 11.5 Å². The molecule has 6 nitrogen and oxygen atoms in total. The van der Waals surface area contributed by atoms with Crippen molar-refractivity contribution in [2.75, 3.05) is 13.7 Å². The van der Waals surface area contributed by atoms with Crippen LogP contribution < -0.4 is 9.47 Å². The van der Waals surface area contributed by atoms with E-state index in [9.17, 15) is 8.42 Å². The summed E-state index contributed by atoms with van der Waals surface area (Å²) < 4.78 is 39.1. The summed E-state index contributed by atoms with van der Waals surface area (Å²) in [6.45, 7) is 0.341. The second-order valence-electron chi connectivity index (χ2n) is 6.81. The molecule has 138 valence electrons. The smallest absolute Gasteiger partial charge is 0.245 e. The van der Waals surface area contributed by atoms with Gasteiger partial charge in [0.15, 0.2) is 0 Å². The zero-order chi connectivity index (χ0) is 18.1. The highest BCUT2D eigenvalue weighted by atomic mass is 32.2. The molecule has 3 atom stereocenters. The van der Waals surface area contributed by atoms with Crippen molar-refractivity contribution in [2.45, 2.75) is 36.2 Å². The Labute approximate surface area is 153 Å². The van der Waals surface area contributed by atoms with Crippen LogP contribution in [0, 0.1) is 5.92 Å². The number of piperidine rings is 1. The van der Waals surface area contributed by atoms with Gasteiger partial charge in [-0.15, -0.1) is 0 Å². The Kier molecular flexibility index (Phi) is 4.58. The van der Waals surface area contributed by atoms with E-state index in [1.165, 1.54) is 6.20 Å². The number of methoxy groups -OCH3 is 1. The highest BCUT2D eigenvalue weighted by Gasteiger charge is 2.51. The number of fused-ring (bicyclic) bond motifs is 2. The Morgan fingerprint density at radius 2 is 2.04 bits per heavy atom. The second kappa shape index (κ2) is 6.89. The SMILES string of the molecule is COc1cccc(OC[C@H]2[C@@H]3CC[C@@H](C3)N2S(=O)(=O)c2cccnc2)c1. The van der Waals surface area contributed by atoms with Gasteiger partial charge in [0.1, 0.15) is 23.0 Å². The molecular formula is C19H22N2O4S. The second-order valence-corrected chi connectivity index (χ2v) is 8.65. The predicted molar refractivity (Wildman–Crippen MR) is 96.7 cm³/mol. The largest absolute Gasteiger partial charge is 0.497 e. The van der Waals surface area contributed by atoms with Gasteiger partial charge in [0.05, 0.1) is 13.2 Å². The molecule has 1 aromatic heterocycles. The lowest BCUT2D eigenvalue weighted by atomic mass is 10.0. The summed E-state index contributed by atoms with van der Waals surface area (Å²) in [5.41, 5.74) is 0. The first-order valence-corrected chi connectivity index (χ1v) is 10.2. The first kappa shape index (κ1) is 17.3. The van der Waals surface area contributed by atoms with E-state index >= 15 is 0 Å². The molecule has 1 saturated carbocycles. The zero-order valence-electron chi connectivity index (χ0n) is 14.6. The molecule has 1 aromatic carbocycles. The maximum atomic E-state index is 13.2. The number of hydrogen-bond donors (Lipinski definition) is 0. The van der Waals surface area contributed by atoms with Crippen LogP contribution in [0.3, 0.4) is 0 Å². The number of ether oxygens (including phenoxy) is 2. The maximum absolute atomic E-state index is 13.2. The molecule has 0 N–H and O–H groups in total. The van der Waals surface area contributed by atoms with Crippen LogP contribution >= 0.6 is 0 Å². The van der Waals surface area contributed by atoms with Crippen LogP contribution in [-0.4, -0.2) is 43.5 Å². The molecule has 2 bridgehead atoms. The third-order valence-corrected chi connectivity index (χ3v) is 7.31. The van der Waals surface area contributed by atoms with Crippen molar-refractivity contribution in [2.24, 2.45) is 5.92 Å². The summed E-state index contributed by atoms with van der Waals surface area (Å²) in [6.07, 6.45) is 5.88. The number of aromatic nitrogens is 1. The molecule has 0 spiro atoms. The first-order valence-electron chi connectivity index (χ1n) is 8.80. The summed E-state index contributed by atoms with van der Waals surface area (Å²) in [5, 5.41) is 0. The molecule has 7 heteroatoms. The minimum atomic E-state index is -3.57. The van der Waals surface area contributed by atoms with E-state index in [-0.39, 0.29) is 17.0 Å². The minimum Gasteiger partial charge on any atom is -0.497 e. The Morgan fingerprint density at radius 1 is 1.19 bits per heavy atom. The summed E-state index contributed by atoms with van der Waals surface area (Å²) in [5.74, 6) is 1.75. The molecule has 1 saturated heterocycles. The third kappa shape index (κ3) is 3.05. The van der Waals surface area contributed by atoms with Crippen molar-refractivity contribution in [3.05, 3.63) is 48.8 Å². The minimum absolute atomic E-state index is 0.0594. The van der Waals surface area contributed by atoms with E-state index in [0.29, 0.717) is 18.3 Å². The van der Waals surface area contributed by atoms with E-state index < -0.39 is 10.0 Å². The Morgan fingerprint density at radius 3 is 2.81 bits per heavy atom. The van der Waals surface area contributed by atoms with Gasteiger partial charge < -0.3 is 9.47 Å².